The summed E-state index contributed by atoms with van der Waals surface area (Å²) in [6.45, 7) is 6.05. The zero-order chi connectivity index (χ0) is 17.6. The number of carboxylic acids is 1. The van der Waals surface area contributed by atoms with Gasteiger partial charge in [0.15, 0.2) is 0 Å². The standard InChI is InChI=1S/C19H31N3O2S/c1-2-22(13-18(23)24)17-8-10-21(11-9-17)12-16-14-25-19(20-16)15-6-4-3-5-7-15/h14-15,17H,2-13H2,1H3,(H,23,24). The van der Waals surface area contributed by atoms with Crippen molar-refractivity contribution in [3.63, 3.8) is 0 Å². The third kappa shape index (κ3) is 5.25. The number of carboxylic acid groups (broad SMARTS) is 1. The molecule has 2 heterocycles. The second kappa shape index (κ2) is 9.10. The minimum absolute atomic E-state index is 0.165. The normalized spacial score (nSPS) is 21.0. The second-order valence-electron chi connectivity index (χ2n) is 7.48. The lowest BCUT2D eigenvalue weighted by Crippen LogP contribution is -2.46. The lowest BCUT2D eigenvalue weighted by molar-refractivity contribution is -0.139. The predicted molar refractivity (Wildman–Crippen MR) is 101 cm³/mol. The van der Waals surface area contributed by atoms with Crippen molar-refractivity contribution in [3.8, 4) is 0 Å². The number of nitrogens with zero attached hydrogens (tertiary/aromatic N) is 3. The van der Waals surface area contributed by atoms with E-state index >= 15 is 0 Å². The van der Waals surface area contributed by atoms with Crippen molar-refractivity contribution in [2.24, 2.45) is 0 Å². The molecule has 0 atom stereocenters. The van der Waals surface area contributed by atoms with Crippen LogP contribution in [-0.2, 0) is 11.3 Å². The Morgan fingerprint density at radius 2 is 2.00 bits per heavy atom. The minimum atomic E-state index is -0.720. The Morgan fingerprint density at radius 1 is 1.28 bits per heavy atom. The van der Waals surface area contributed by atoms with E-state index in [-0.39, 0.29) is 6.54 Å². The van der Waals surface area contributed by atoms with Crippen LogP contribution in [0.5, 0.6) is 0 Å². The van der Waals surface area contributed by atoms with Crippen LogP contribution >= 0.6 is 11.3 Å². The summed E-state index contributed by atoms with van der Waals surface area (Å²) in [7, 11) is 0. The zero-order valence-electron chi connectivity index (χ0n) is 15.3. The molecule has 0 unspecified atom stereocenters. The second-order valence-corrected chi connectivity index (χ2v) is 8.37. The maximum Gasteiger partial charge on any atom is 0.317 e. The zero-order valence-corrected chi connectivity index (χ0v) is 16.1. The quantitative estimate of drug-likeness (QED) is 0.801. The summed E-state index contributed by atoms with van der Waals surface area (Å²) in [4.78, 5) is 20.5. The Hall–Kier alpha value is -0.980. The molecule has 25 heavy (non-hydrogen) atoms. The Morgan fingerprint density at radius 3 is 2.64 bits per heavy atom. The van der Waals surface area contributed by atoms with Crippen molar-refractivity contribution < 1.29 is 9.90 Å². The third-order valence-corrected chi connectivity index (χ3v) is 6.78. The topological polar surface area (TPSA) is 56.7 Å². The molecule has 1 saturated heterocycles. The maximum atomic E-state index is 11.0. The number of likely N-dealkylation sites (N-methyl/N-ethyl adjacent to an activating group) is 1. The fraction of sp³-hybridized carbons (Fsp3) is 0.789. The van der Waals surface area contributed by atoms with Gasteiger partial charge in [-0.2, -0.15) is 0 Å². The van der Waals surface area contributed by atoms with Gasteiger partial charge < -0.3 is 5.11 Å². The molecular weight excluding hydrogens is 334 g/mol. The average Bonchev–Trinajstić information content (AvgIpc) is 3.09. The van der Waals surface area contributed by atoms with Crippen molar-refractivity contribution >= 4 is 17.3 Å². The van der Waals surface area contributed by atoms with Crippen LogP contribution in [0.15, 0.2) is 5.38 Å². The molecule has 0 aromatic carbocycles. The first-order valence-electron chi connectivity index (χ1n) is 9.78. The molecular formula is C19H31N3O2S. The molecule has 1 saturated carbocycles. The van der Waals surface area contributed by atoms with Crippen LogP contribution in [0.1, 0.15) is 68.5 Å². The van der Waals surface area contributed by atoms with Gasteiger partial charge in [-0.05, 0) is 32.2 Å². The Bertz CT molecular complexity index is 549. The van der Waals surface area contributed by atoms with Gasteiger partial charge in [0, 0.05) is 37.0 Å². The van der Waals surface area contributed by atoms with Crippen molar-refractivity contribution in [1.82, 2.24) is 14.8 Å². The molecule has 2 aliphatic rings. The van der Waals surface area contributed by atoms with Gasteiger partial charge >= 0.3 is 5.97 Å². The number of aromatic nitrogens is 1. The summed E-state index contributed by atoms with van der Waals surface area (Å²) in [5, 5.41) is 12.6. The van der Waals surface area contributed by atoms with Crippen molar-refractivity contribution in [2.75, 3.05) is 26.2 Å². The van der Waals surface area contributed by atoms with E-state index in [4.69, 9.17) is 10.1 Å². The first-order chi connectivity index (χ1) is 12.2. The summed E-state index contributed by atoms with van der Waals surface area (Å²) in [6, 6.07) is 0.408. The van der Waals surface area contributed by atoms with Gasteiger partial charge in [0.1, 0.15) is 0 Å². The number of carbonyl (C=O) groups is 1. The molecule has 6 heteroatoms. The molecule has 3 rings (SSSR count). The van der Waals surface area contributed by atoms with Crippen LogP contribution in [0.2, 0.25) is 0 Å². The summed E-state index contributed by atoms with van der Waals surface area (Å²) >= 11 is 1.85. The van der Waals surface area contributed by atoms with Crippen LogP contribution in [0.3, 0.4) is 0 Å². The largest absolute Gasteiger partial charge is 0.480 e. The van der Waals surface area contributed by atoms with E-state index < -0.39 is 5.97 Å². The molecule has 0 radical (unpaired) electrons. The Labute approximate surface area is 155 Å². The number of likely N-dealkylation sites (tertiary alicyclic amines) is 1. The number of hydrogen-bond acceptors (Lipinski definition) is 5. The molecule has 1 aromatic rings. The number of thiazole rings is 1. The van der Waals surface area contributed by atoms with E-state index in [1.165, 1.54) is 42.8 Å². The molecule has 1 aliphatic heterocycles. The summed E-state index contributed by atoms with van der Waals surface area (Å²) in [6.07, 6.45) is 8.85. The molecule has 2 fully saturated rings. The number of piperidine rings is 1. The summed E-state index contributed by atoms with van der Waals surface area (Å²) in [5.41, 5.74) is 1.22. The van der Waals surface area contributed by atoms with E-state index in [9.17, 15) is 4.79 Å². The van der Waals surface area contributed by atoms with Gasteiger partial charge in [0.25, 0.3) is 0 Å². The van der Waals surface area contributed by atoms with Crippen molar-refractivity contribution in [1.29, 1.82) is 0 Å². The number of rotatable bonds is 7. The van der Waals surface area contributed by atoms with Crippen molar-refractivity contribution in [3.05, 3.63) is 16.1 Å². The maximum absolute atomic E-state index is 11.0. The fourth-order valence-electron chi connectivity index (χ4n) is 4.28. The van der Waals surface area contributed by atoms with Crippen LogP contribution in [0.25, 0.3) is 0 Å². The average molecular weight is 366 g/mol. The highest BCUT2D eigenvalue weighted by molar-refractivity contribution is 7.09. The van der Waals surface area contributed by atoms with Crippen LogP contribution in [-0.4, -0.2) is 58.1 Å². The Kier molecular flexibility index (Phi) is 6.84. The van der Waals surface area contributed by atoms with Crippen LogP contribution < -0.4 is 0 Å². The molecule has 0 amide bonds. The number of hydrogen-bond donors (Lipinski definition) is 1. The van der Waals surface area contributed by atoms with Crippen LogP contribution in [0.4, 0.5) is 0 Å². The van der Waals surface area contributed by atoms with E-state index in [0.29, 0.717) is 12.0 Å². The fourth-order valence-corrected chi connectivity index (χ4v) is 5.26. The molecule has 1 aromatic heterocycles. The first-order valence-corrected chi connectivity index (χ1v) is 10.7. The van der Waals surface area contributed by atoms with Gasteiger partial charge in [-0.25, -0.2) is 4.98 Å². The molecule has 5 nitrogen and oxygen atoms in total. The number of aliphatic carboxylic acids is 1. The van der Waals surface area contributed by atoms with Crippen molar-refractivity contribution in [2.45, 2.75) is 70.4 Å². The minimum Gasteiger partial charge on any atom is -0.480 e. The van der Waals surface area contributed by atoms with E-state index in [1.807, 2.05) is 11.3 Å². The van der Waals surface area contributed by atoms with Gasteiger partial charge in [-0.3, -0.25) is 14.6 Å². The predicted octanol–water partition coefficient (Wildman–Crippen LogP) is 3.56. The molecule has 0 spiro atoms. The molecule has 1 N–H and O–H groups in total. The van der Waals surface area contributed by atoms with E-state index in [2.05, 4.69) is 22.1 Å². The third-order valence-electron chi connectivity index (χ3n) is 5.73. The molecule has 1 aliphatic carbocycles. The Balaban J connectivity index is 1.47. The smallest absolute Gasteiger partial charge is 0.317 e. The van der Waals surface area contributed by atoms with Gasteiger partial charge in [-0.15, -0.1) is 11.3 Å². The molecule has 0 bridgehead atoms. The highest BCUT2D eigenvalue weighted by Gasteiger charge is 2.26. The summed E-state index contributed by atoms with van der Waals surface area (Å²) < 4.78 is 0. The molecule has 140 valence electrons. The lowest BCUT2D eigenvalue weighted by atomic mass is 9.90. The first kappa shape index (κ1) is 18.8. The SMILES string of the molecule is CCN(CC(=O)O)C1CCN(Cc2csc(C3CCCCC3)n2)CC1. The highest BCUT2D eigenvalue weighted by Crippen LogP contribution is 2.34. The van der Waals surface area contributed by atoms with Crippen LogP contribution in [0, 0.1) is 0 Å². The monoisotopic (exact) mass is 365 g/mol. The van der Waals surface area contributed by atoms with E-state index in [1.54, 1.807) is 0 Å². The van der Waals surface area contributed by atoms with Gasteiger partial charge in [0.05, 0.1) is 17.2 Å². The highest BCUT2D eigenvalue weighted by atomic mass is 32.1. The lowest BCUT2D eigenvalue weighted by Gasteiger charge is -2.37. The van der Waals surface area contributed by atoms with E-state index in [0.717, 1.165) is 39.0 Å². The van der Waals surface area contributed by atoms with Gasteiger partial charge in [0.2, 0.25) is 0 Å². The van der Waals surface area contributed by atoms with Gasteiger partial charge in [-0.1, -0.05) is 26.2 Å². The summed E-state index contributed by atoms with van der Waals surface area (Å²) in [5.74, 6) is -0.0191.